The predicted molar refractivity (Wildman–Crippen MR) is 58.3 cm³/mol. The summed E-state index contributed by atoms with van der Waals surface area (Å²) in [6.45, 7) is 3.26. The van der Waals surface area contributed by atoms with Crippen LogP contribution in [-0.2, 0) is 0 Å². The van der Waals surface area contributed by atoms with E-state index in [-0.39, 0.29) is 16.7 Å². The van der Waals surface area contributed by atoms with Crippen molar-refractivity contribution in [2.45, 2.75) is 13.8 Å². The van der Waals surface area contributed by atoms with E-state index in [1.807, 2.05) is 0 Å². The first-order valence-electron chi connectivity index (χ1n) is 4.69. The number of aromatic nitrogens is 2. The smallest absolute Gasteiger partial charge is 0.258 e. The third kappa shape index (κ3) is 1.50. The first-order chi connectivity index (χ1) is 7.93. The summed E-state index contributed by atoms with van der Waals surface area (Å²) in [5, 5.41) is 21.0. The fourth-order valence-electron chi connectivity index (χ4n) is 1.70. The molecule has 8 heteroatoms. The monoisotopic (exact) mass is 236 g/mol. The molecule has 2 aromatic rings. The molecule has 0 unspecified atom stereocenters. The maximum absolute atomic E-state index is 11.0. The lowest BCUT2D eigenvalue weighted by Crippen LogP contribution is -2.06. The molecule has 17 heavy (non-hydrogen) atoms. The fraction of sp³-hybridized carbons (Fsp3) is 0.222. The van der Waals surface area contributed by atoms with Crippen molar-refractivity contribution >= 4 is 16.7 Å². The number of benzene rings is 1. The summed E-state index contributed by atoms with van der Waals surface area (Å²) in [4.78, 5) is 24.8. The molecule has 8 nitrogen and oxygen atoms in total. The number of nitro groups is 2. The average Bonchev–Trinajstić information content (AvgIpc) is 2.61. The van der Waals surface area contributed by atoms with Crippen LogP contribution in [0.3, 0.4) is 0 Å². The lowest BCUT2D eigenvalue weighted by atomic mass is 10.1. The van der Waals surface area contributed by atoms with Gasteiger partial charge in [0.1, 0.15) is 5.52 Å². The second kappa shape index (κ2) is 3.51. The lowest BCUT2D eigenvalue weighted by Gasteiger charge is -2.02. The normalized spacial score (nSPS) is 10.7. The van der Waals surface area contributed by atoms with Crippen LogP contribution in [0.25, 0.3) is 11.0 Å². The van der Waals surface area contributed by atoms with Crippen molar-refractivity contribution in [1.29, 1.82) is 0 Å². The Balaban J connectivity index is 2.93. The van der Waals surface area contributed by atoms with Crippen LogP contribution < -0.4 is 0 Å². The van der Waals surface area contributed by atoms with Gasteiger partial charge in [0, 0.05) is 5.56 Å². The molecule has 0 radical (unpaired) electrons. The summed E-state index contributed by atoms with van der Waals surface area (Å²) < 4.78 is 0.675. The number of fused-ring (bicyclic) bond motifs is 1. The summed E-state index contributed by atoms with van der Waals surface area (Å²) >= 11 is 0. The molecule has 0 aliphatic rings. The highest BCUT2D eigenvalue weighted by Crippen LogP contribution is 2.30. The van der Waals surface area contributed by atoms with Crippen molar-refractivity contribution < 1.29 is 9.96 Å². The highest BCUT2D eigenvalue weighted by Gasteiger charge is 2.24. The van der Waals surface area contributed by atoms with Gasteiger partial charge in [0.2, 0.25) is 0 Å². The number of nitrogens with zero attached hydrogens (tertiary/aromatic N) is 4. The molecule has 0 atom stereocenters. The van der Waals surface area contributed by atoms with Crippen LogP contribution in [0, 0.1) is 34.1 Å². The highest BCUT2D eigenvalue weighted by molar-refractivity contribution is 5.87. The molecule has 0 spiro atoms. The van der Waals surface area contributed by atoms with E-state index in [1.165, 1.54) is 6.07 Å². The molecule has 0 bridgehead atoms. The van der Waals surface area contributed by atoms with Crippen molar-refractivity contribution in [1.82, 2.24) is 9.66 Å². The van der Waals surface area contributed by atoms with Crippen LogP contribution in [0.1, 0.15) is 11.1 Å². The Morgan fingerprint density at radius 1 is 1.29 bits per heavy atom. The van der Waals surface area contributed by atoms with Crippen LogP contribution in [0.15, 0.2) is 12.4 Å². The first kappa shape index (κ1) is 11.0. The lowest BCUT2D eigenvalue weighted by molar-refractivity contribution is -0.538. The van der Waals surface area contributed by atoms with Gasteiger partial charge in [0.25, 0.3) is 5.69 Å². The third-order valence-corrected chi connectivity index (χ3v) is 2.67. The van der Waals surface area contributed by atoms with Gasteiger partial charge in [0.15, 0.2) is 16.9 Å². The van der Waals surface area contributed by atoms with E-state index in [0.29, 0.717) is 15.8 Å². The zero-order valence-electron chi connectivity index (χ0n) is 9.08. The Kier molecular flexibility index (Phi) is 2.27. The molecule has 0 saturated heterocycles. The number of aryl methyl sites for hydroxylation is 1. The van der Waals surface area contributed by atoms with Gasteiger partial charge in [-0.3, -0.25) is 10.1 Å². The number of hydrogen-bond acceptors (Lipinski definition) is 5. The van der Waals surface area contributed by atoms with Crippen molar-refractivity contribution in [3.05, 3.63) is 43.7 Å². The van der Waals surface area contributed by atoms with Gasteiger partial charge in [-0.05, 0) is 30.2 Å². The van der Waals surface area contributed by atoms with E-state index in [1.54, 1.807) is 13.8 Å². The SMILES string of the molecule is Cc1cc2c(ncn2[N+](=O)[O-])c([N+](=O)[O-])c1C. The van der Waals surface area contributed by atoms with Gasteiger partial charge in [0.05, 0.1) is 4.92 Å². The van der Waals surface area contributed by atoms with E-state index in [2.05, 4.69) is 4.98 Å². The minimum Gasteiger partial charge on any atom is -0.258 e. The molecular weight excluding hydrogens is 228 g/mol. The summed E-state index contributed by atoms with van der Waals surface area (Å²) in [7, 11) is 0. The topological polar surface area (TPSA) is 104 Å². The van der Waals surface area contributed by atoms with Crippen molar-refractivity contribution in [2.75, 3.05) is 0 Å². The molecular formula is C9H8N4O4. The maximum Gasteiger partial charge on any atom is 0.300 e. The Morgan fingerprint density at radius 3 is 2.47 bits per heavy atom. The van der Waals surface area contributed by atoms with Crippen LogP contribution in [0.5, 0.6) is 0 Å². The number of imidazole rings is 1. The Hall–Kier alpha value is -2.51. The minimum absolute atomic E-state index is 0.0369. The second-order valence-corrected chi connectivity index (χ2v) is 3.62. The van der Waals surface area contributed by atoms with E-state index < -0.39 is 9.96 Å². The van der Waals surface area contributed by atoms with Crippen molar-refractivity contribution in [3.63, 3.8) is 0 Å². The summed E-state index contributed by atoms with van der Waals surface area (Å²) in [6, 6.07) is 1.52. The maximum atomic E-state index is 11.0. The van der Waals surface area contributed by atoms with Gasteiger partial charge in [-0.25, -0.2) is 15.1 Å². The Bertz CT molecular complexity index is 646. The highest BCUT2D eigenvalue weighted by atomic mass is 16.7. The van der Waals surface area contributed by atoms with Crippen LogP contribution in [0.2, 0.25) is 0 Å². The average molecular weight is 236 g/mol. The molecule has 1 aromatic heterocycles. The molecule has 2 rings (SSSR count). The number of rotatable bonds is 2. The fourth-order valence-corrected chi connectivity index (χ4v) is 1.70. The summed E-state index contributed by atoms with van der Waals surface area (Å²) in [5.41, 5.74) is 1.07. The number of hydrogen-bond donors (Lipinski definition) is 0. The molecule has 0 saturated carbocycles. The van der Waals surface area contributed by atoms with Crippen LogP contribution in [-0.4, -0.2) is 19.6 Å². The summed E-state index contributed by atoms with van der Waals surface area (Å²) in [6.07, 6.45) is 0.969. The molecule has 1 heterocycles. The predicted octanol–water partition coefficient (Wildman–Crippen LogP) is 1.60. The zero-order valence-corrected chi connectivity index (χ0v) is 9.08. The molecule has 0 amide bonds. The van der Waals surface area contributed by atoms with E-state index in [9.17, 15) is 20.2 Å². The number of nitro benzene ring substituents is 1. The van der Waals surface area contributed by atoms with Gasteiger partial charge in [-0.15, -0.1) is 0 Å². The minimum atomic E-state index is -0.673. The quantitative estimate of drug-likeness (QED) is 0.581. The van der Waals surface area contributed by atoms with E-state index >= 15 is 0 Å². The van der Waals surface area contributed by atoms with Crippen molar-refractivity contribution in [2.24, 2.45) is 0 Å². The van der Waals surface area contributed by atoms with Gasteiger partial charge >= 0.3 is 0 Å². The molecule has 88 valence electrons. The van der Waals surface area contributed by atoms with Crippen LogP contribution in [0.4, 0.5) is 5.69 Å². The zero-order chi connectivity index (χ0) is 12.7. The van der Waals surface area contributed by atoms with Gasteiger partial charge in [-0.2, -0.15) is 0 Å². The molecule has 1 aromatic carbocycles. The second-order valence-electron chi connectivity index (χ2n) is 3.62. The van der Waals surface area contributed by atoms with E-state index in [4.69, 9.17) is 0 Å². The largest absolute Gasteiger partial charge is 0.300 e. The summed E-state index contributed by atoms with van der Waals surface area (Å²) in [5.74, 6) is 0. The van der Waals surface area contributed by atoms with Crippen LogP contribution >= 0.6 is 0 Å². The molecule has 0 aliphatic carbocycles. The molecule has 0 aliphatic heterocycles. The standard InChI is InChI=1S/C9H8N4O4/c1-5-3-7-8(9(6(5)2)12(14)15)10-4-11(7)13(16)17/h3-4H,1-2H3. The van der Waals surface area contributed by atoms with E-state index in [0.717, 1.165) is 6.33 Å². The third-order valence-electron chi connectivity index (χ3n) is 2.67. The molecule has 0 N–H and O–H groups in total. The first-order valence-corrected chi connectivity index (χ1v) is 4.69. The van der Waals surface area contributed by atoms with Crippen molar-refractivity contribution in [3.8, 4) is 0 Å². The van der Waals surface area contributed by atoms with Gasteiger partial charge < -0.3 is 0 Å². The molecule has 0 fully saturated rings. The van der Waals surface area contributed by atoms with Gasteiger partial charge in [-0.1, -0.05) is 0 Å². The Labute approximate surface area is 94.8 Å². The Morgan fingerprint density at radius 2 is 1.94 bits per heavy atom.